The molecular weight excluding hydrogens is 241 g/mol. The summed E-state index contributed by atoms with van der Waals surface area (Å²) in [7, 11) is 0. The van der Waals surface area contributed by atoms with Gasteiger partial charge in [0.2, 0.25) is 5.28 Å². The molecule has 1 aromatic carbocycles. The summed E-state index contributed by atoms with van der Waals surface area (Å²) in [6.07, 6.45) is 1.56. The second-order valence-corrected chi connectivity index (χ2v) is 3.85. The van der Waals surface area contributed by atoms with Crippen LogP contribution in [0.1, 0.15) is 11.1 Å². The van der Waals surface area contributed by atoms with E-state index in [1.54, 1.807) is 19.2 Å². The van der Waals surface area contributed by atoms with Crippen LogP contribution in [0.3, 0.4) is 0 Å². The molecule has 2 aromatic rings. The van der Waals surface area contributed by atoms with Gasteiger partial charge < -0.3 is 0 Å². The van der Waals surface area contributed by atoms with Crippen molar-refractivity contribution >= 4 is 11.6 Å². The zero-order chi connectivity index (χ0) is 12.4. The number of benzene rings is 1. The van der Waals surface area contributed by atoms with E-state index in [4.69, 9.17) is 16.9 Å². The number of aryl methyl sites for hydroxylation is 1. The molecule has 2 rings (SSSR count). The highest BCUT2D eigenvalue weighted by Gasteiger charge is 2.08. The number of nitrogens with zero attached hydrogens (tertiary/aromatic N) is 3. The molecule has 1 heterocycles. The molecule has 0 atom stereocenters. The van der Waals surface area contributed by atoms with E-state index < -0.39 is 5.82 Å². The molecule has 17 heavy (non-hydrogen) atoms. The van der Waals surface area contributed by atoms with Gasteiger partial charge in [0.15, 0.2) is 0 Å². The number of hydrogen-bond acceptors (Lipinski definition) is 3. The van der Waals surface area contributed by atoms with E-state index in [1.807, 2.05) is 6.07 Å². The molecule has 0 saturated heterocycles. The summed E-state index contributed by atoms with van der Waals surface area (Å²) >= 11 is 5.70. The monoisotopic (exact) mass is 247 g/mol. The summed E-state index contributed by atoms with van der Waals surface area (Å²) in [4.78, 5) is 7.86. The second kappa shape index (κ2) is 4.48. The van der Waals surface area contributed by atoms with E-state index in [0.717, 1.165) is 5.56 Å². The fraction of sp³-hybridized carbons (Fsp3) is 0.0833. The minimum atomic E-state index is -0.479. The Morgan fingerprint density at radius 3 is 2.82 bits per heavy atom. The lowest BCUT2D eigenvalue weighted by Crippen LogP contribution is -1.93. The third-order valence-corrected chi connectivity index (χ3v) is 2.42. The molecule has 5 heteroatoms. The lowest BCUT2D eigenvalue weighted by Gasteiger charge is -2.05. The number of rotatable bonds is 1. The van der Waals surface area contributed by atoms with E-state index in [1.165, 1.54) is 12.1 Å². The molecule has 0 bridgehead atoms. The Balaban J connectivity index is 2.64. The fourth-order valence-electron chi connectivity index (χ4n) is 1.50. The SMILES string of the molecule is Cc1cnc(Cl)nc1-c1cc(F)cc(C#N)c1. The van der Waals surface area contributed by atoms with Crippen LogP contribution in [0.25, 0.3) is 11.3 Å². The molecule has 0 N–H and O–H groups in total. The Hall–Kier alpha value is -1.99. The standard InChI is InChI=1S/C12H7ClFN3/c1-7-6-16-12(13)17-11(7)9-2-8(5-15)3-10(14)4-9/h2-4,6H,1H3. The molecule has 84 valence electrons. The Labute approximate surface area is 103 Å². The predicted molar refractivity (Wildman–Crippen MR) is 61.9 cm³/mol. The third kappa shape index (κ3) is 2.40. The van der Waals surface area contributed by atoms with Crippen LogP contribution >= 0.6 is 11.6 Å². The molecule has 0 radical (unpaired) electrons. The Bertz CT molecular complexity index is 620. The fourth-order valence-corrected chi connectivity index (χ4v) is 1.64. The maximum Gasteiger partial charge on any atom is 0.222 e. The molecule has 0 unspecified atom stereocenters. The van der Waals surface area contributed by atoms with E-state index in [-0.39, 0.29) is 10.8 Å². The summed E-state index contributed by atoms with van der Waals surface area (Å²) in [6.45, 7) is 1.79. The van der Waals surface area contributed by atoms with Crippen LogP contribution in [-0.2, 0) is 0 Å². The van der Waals surface area contributed by atoms with Crippen molar-refractivity contribution in [2.45, 2.75) is 6.92 Å². The lowest BCUT2D eigenvalue weighted by molar-refractivity contribution is 0.628. The minimum absolute atomic E-state index is 0.0911. The first-order valence-electron chi connectivity index (χ1n) is 4.80. The van der Waals surface area contributed by atoms with Crippen molar-refractivity contribution in [3.63, 3.8) is 0 Å². The molecule has 0 fully saturated rings. The predicted octanol–water partition coefficient (Wildman–Crippen LogP) is 3.12. The van der Waals surface area contributed by atoms with Crippen molar-refractivity contribution < 1.29 is 4.39 Å². The van der Waals surface area contributed by atoms with Gasteiger partial charge in [-0.1, -0.05) is 0 Å². The highest BCUT2D eigenvalue weighted by molar-refractivity contribution is 6.28. The molecule has 0 spiro atoms. The van der Waals surface area contributed by atoms with Crippen molar-refractivity contribution in [3.8, 4) is 17.3 Å². The van der Waals surface area contributed by atoms with Crippen LogP contribution in [-0.4, -0.2) is 9.97 Å². The molecule has 0 aliphatic rings. The van der Waals surface area contributed by atoms with E-state index in [9.17, 15) is 4.39 Å². The summed E-state index contributed by atoms with van der Waals surface area (Å²) in [5.41, 5.74) is 2.06. The number of halogens is 2. The van der Waals surface area contributed by atoms with Crippen molar-refractivity contribution in [3.05, 3.63) is 46.6 Å². The molecular formula is C12H7ClFN3. The largest absolute Gasteiger partial charge is 0.226 e. The average molecular weight is 248 g/mol. The maximum atomic E-state index is 13.3. The first-order valence-corrected chi connectivity index (χ1v) is 5.18. The Kier molecular flexibility index (Phi) is 3.03. The van der Waals surface area contributed by atoms with Gasteiger partial charge in [-0.15, -0.1) is 0 Å². The zero-order valence-electron chi connectivity index (χ0n) is 8.91. The number of nitriles is 1. The van der Waals surface area contributed by atoms with Gasteiger partial charge >= 0.3 is 0 Å². The average Bonchev–Trinajstić information content (AvgIpc) is 2.31. The first-order chi connectivity index (χ1) is 8.10. The van der Waals surface area contributed by atoms with Gasteiger partial charge in [-0.05, 0) is 42.3 Å². The van der Waals surface area contributed by atoms with Crippen LogP contribution in [0.4, 0.5) is 4.39 Å². The molecule has 0 saturated carbocycles. The minimum Gasteiger partial charge on any atom is -0.226 e. The maximum absolute atomic E-state index is 13.3. The molecule has 0 amide bonds. The zero-order valence-corrected chi connectivity index (χ0v) is 9.66. The third-order valence-electron chi connectivity index (χ3n) is 2.24. The summed E-state index contributed by atoms with van der Waals surface area (Å²) < 4.78 is 13.3. The van der Waals surface area contributed by atoms with Gasteiger partial charge in [-0.25, -0.2) is 14.4 Å². The molecule has 0 aliphatic heterocycles. The number of aromatic nitrogens is 2. The Morgan fingerprint density at radius 1 is 1.35 bits per heavy atom. The Morgan fingerprint density at radius 2 is 2.12 bits per heavy atom. The quantitative estimate of drug-likeness (QED) is 0.728. The van der Waals surface area contributed by atoms with Gasteiger partial charge in [0, 0.05) is 11.8 Å². The van der Waals surface area contributed by atoms with Crippen LogP contribution < -0.4 is 0 Å². The lowest BCUT2D eigenvalue weighted by atomic mass is 10.1. The van der Waals surface area contributed by atoms with Crippen molar-refractivity contribution in [1.29, 1.82) is 5.26 Å². The van der Waals surface area contributed by atoms with Crippen molar-refractivity contribution in [2.24, 2.45) is 0 Å². The van der Waals surface area contributed by atoms with Crippen LogP contribution in [0.2, 0.25) is 5.28 Å². The van der Waals surface area contributed by atoms with Crippen molar-refractivity contribution in [2.75, 3.05) is 0 Å². The van der Waals surface area contributed by atoms with Crippen molar-refractivity contribution in [1.82, 2.24) is 9.97 Å². The highest BCUT2D eigenvalue weighted by Crippen LogP contribution is 2.23. The highest BCUT2D eigenvalue weighted by atomic mass is 35.5. The van der Waals surface area contributed by atoms with Gasteiger partial charge in [0.25, 0.3) is 0 Å². The van der Waals surface area contributed by atoms with E-state index in [0.29, 0.717) is 11.3 Å². The van der Waals surface area contributed by atoms with Gasteiger partial charge in [-0.2, -0.15) is 5.26 Å². The molecule has 0 aliphatic carbocycles. The summed E-state index contributed by atoms with van der Waals surface area (Å²) in [5, 5.41) is 8.87. The summed E-state index contributed by atoms with van der Waals surface area (Å²) in [5.74, 6) is -0.479. The smallest absolute Gasteiger partial charge is 0.222 e. The molecule has 1 aromatic heterocycles. The van der Waals surface area contributed by atoms with Crippen LogP contribution in [0, 0.1) is 24.1 Å². The normalized spacial score (nSPS) is 10.0. The topological polar surface area (TPSA) is 49.6 Å². The van der Waals surface area contributed by atoms with E-state index in [2.05, 4.69) is 9.97 Å². The summed E-state index contributed by atoms with van der Waals surface area (Å²) in [6, 6.07) is 5.94. The first kappa shape index (κ1) is 11.5. The van der Waals surface area contributed by atoms with Crippen LogP contribution in [0.15, 0.2) is 24.4 Å². The number of hydrogen-bond donors (Lipinski definition) is 0. The molecule has 3 nitrogen and oxygen atoms in total. The van der Waals surface area contributed by atoms with Gasteiger partial charge in [0.1, 0.15) is 5.82 Å². The van der Waals surface area contributed by atoms with Gasteiger partial charge in [0.05, 0.1) is 17.3 Å². The van der Waals surface area contributed by atoms with Crippen LogP contribution in [0.5, 0.6) is 0 Å². The van der Waals surface area contributed by atoms with E-state index >= 15 is 0 Å². The van der Waals surface area contributed by atoms with Gasteiger partial charge in [-0.3, -0.25) is 0 Å². The second-order valence-electron chi connectivity index (χ2n) is 3.51.